The molecule has 0 aromatic heterocycles. The second-order valence-corrected chi connectivity index (χ2v) is 5.59. The van der Waals surface area contributed by atoms with Gasteiger partial charge in [-0.3, -0.25) is 4.79 Å². The van der Waals surface area contributed by atoms with E-state index < -0.39 is 0 Å². The first-order chi connectivity index (χ1) is 7.90. The van der Waals surface area contributed by atoms with Crippen LogP contribution in [0.5, 0.6) is 0 Å². The quantitative estimate of drug-likeness (QED) is 0.839. The molecule has 0 aliphatic rings. The number of carbonyl (C=O) groups is 1. The zero-order valence-electron chi connectivity index (χ0n) is 10.5. The van der Waals surface area contributed by atoms with E-state index in [9.17, 15) is 4.79 Å². The van der Waals surface area contributed by atoms with Crippen LogP contribution in [0.4, 0.5) is 5.69 Å². The van der Waals surface area contributed by atoms with Gasteiger partial charge in [-0.25, -0.2) is 0 Å². The summed E-state index contributed by atoms with van der Waals surface area (Å²) in [5.74, 6) is 0.516. The Kier molecular flexibility index (Phi) is 5.00. The Hall–Kier alpha value is -1.03. The van der Waals surface area contributed by atoms with Crippen LogP contribution in [0.2, 0.25) is 0 Å². The van der Waals surface area contributed by atoms with Crippen molar-refractivity contribution in [1.82, 2.24) is 5.32 Å². The molecule has 0 saturated heterocycles. The first-order valence-corrected chi connectivity index (χ1v) is 6.55. The summed E-state index contributed by atoms with van der Waals surface area (Å²) < 4.78 is 0.752. The van der Waals surface area contributed by atoms with E-state index in [0.29, 0.717) is 17.2 Å². The third-order valence-corrected chi connectivity index (χ3v) is 3.15. The van der Waals surface area contributed by atoms with Crippen LogP contribution >= 0.6 is 15.9 Å². The molecule has 94 valence electrons. The van der Waals surface area contributed by atoms with Crippen LogP contribution in [-0.2, 0) is 0 Å². The average molecular weight is 299 g/mol. The lowest BCUT2D eigenvalue weighted by Crippen LogP contribution is -2.33. The van der Waals surface area contributed by atoms with E-state index in [1.807, 2.05) is 6.92 Å². The van der Waals surface area contributed by atoms with Crippen LogP contribution in [-0.4, -0.2) is 11.9 Å². The molecule has 1 atom stereocenters. The van der Waals surface area contributed by atoms with Gasteiger partial charge in [-0.2, -0.15) is 0 Å². The van der Waals surface area contributed by atoms with Crippen LogP contribution in [0.3, 0.4) is 0 Å². The highest BCUT2D eigenvalue weighted by molar-refractivity contribution is 9.10. The Morgan fingerprint density at radius 3 is 2.59 bits per heavy atom. The van der Waals surface area contributed by atoms with Gasteiger partial charge in [0.25, 0.3) is 5.91 Å². The van der Waals surface area contributed by atoms with E-state index in [1.54, 1.807) is 18.2 Å². The summed E-state index contributed by atoms with van der Waals surface area (Å²) in [6, 6.07) is 5.38. The smallest absolute Gasteiger partial charge is 0.251 e. The van der Waals surface area contributed by atoms with Crippen molar-refractivity contribution in [3.8, 4) is 0 Å². The molecule has 1 aromatic carbocycles. The van der Waals surface area contributed by atoms with Gasteiger partial charge in [0.15, 0.2) is 0 Å². The highest BCUT2D eigenvalue weighted by Crippen LogP contribution is 2.20. The molecule has 4 heteroatoms. The molecule has 17 heavy (non-hydrogen) atoms. The summed E-state index contributed by atoms with van der Waals surface area (Å²) in [5.41, 5.74) is 6.94. The Bertz CT molecular complexity index is 404. The van der Waals surface area contributed by atoms with Crippen molar-refractivity contribution in [3.63, 3.8) is 0 Å². The predicted octanol–water partition coefficient (Wildman–Crippen LogP) is 3.20. The molecule has 0 aliphatic heterocycles. The van der Waals surface area contributed by atoms with E-state index in [-0.39, 0.29) is 11.9 Å². The van der Waals surface area contributed by atoms with Crippen LogP contribution in [0.15, 0.2) is 22.7 Å². The summed E-state index contributed by atoms with van der Waals surface area (Å²) in [5, 5.41) is 2.97. The zero-order valence-corrected chi connectivity index (χ0v) is 12.0. The maximum Gasteiger partial charge on any atom is 0.251 e. The molecular weight excluding hydrogens is 280 g/mol. The number of nitrogens with one attached hydrogen (secondary N) is 1. The number of nitrogens with two attached hydrogens (primary N) is 1. The van der Waals surface area contributed by atoms with Gasteiger partial charge < -0.3 is 11.1 Å². The minimum Gasteiger partial charge on any atom is -0.398 e. The molecule has 0 fully saturated rings. The van der Waals surface area contributed by atoms with E-state index in [0.717, 1.165) is 10.9 Å². The maximum absolute atomic E-state index is 11.9. The number of carbonyl (C=O) groups excluding carboxylic acids is 1. The molecule has 1 amide bonds. The molecule has 0 radical (unpaired) electrons. The fraction of sp³-hybridized carbons (Fsp3) is 0.462. The Labute approximate surface area is 111 Å². The van der Waals surface area contributed by atoms with E-state index in [2.05, 4.69) is 35.1 Å². The monoisotopic (exact) mass is 298 g/mol. The third-order valence-electron chi connectivity index (χ3n) is 2.47. The van der Waals surface area contributed by atoms with Gasteiger partial charge in [0.2, 0.25) is 0 Å². The number of hydrogen-bond donors (Lipinski definition) is 2. The third kappa shape index (κ3) is 4.38. The lowest BCUT2D eigenvalue weighted by molar-refractivity contribution is 0.0936. The van der Waals surface area contributed by atoms with E-state index in [4.69, 9.17) is 5.73 Å². The molecule has 1 rings (SSSR count). The predicted molar refractivity (Wildman–Crippen MR) is 74.9 cm³/mol. The molecule has 1 aromatic rings. The van der Waals surface area contributed by atoms with Gasteiger partial charge in [-0.1, -0.05) is 13.8 Å². The molecule has 0 spiro atoms. The molecule has 1 unspecified atom stereocenters. The summed E-state index contributed by atoms with van der Waals surface area (Å²) in [4.78, 5) is 11.9. The number of amides is 1. The molecule has 0 aliphatic carbocycles. The number of rotatable bonds is 4. The summed E-state index contributed by atoms with van der Waals surface area (Å²) >= 11 is 3.32. The largest absolute Gasteiger partial charge is 0.398 e. The fourth-order valence-corrected chi connectivity index (χ4v) is 2.12. The average Bonchev–Trinajstić information content (AvgIpc) is 2.20. The number of anilines is 1. The lowest BCUT2D eigenvalue weighted by Gasteiger charge is -2.16. The van der Waals surface area contributed by atoms with Crippen LogP contribution in [0.1, 0.15) is 37.6 Å². The standard InChI is InChI=1S/C13H19BrN2O/c1-8(2)6-9(3)16-13(17)10-4-5-12(15)11(14)7-10/h4-5,7-9H,6,15H2,1-3H3,(H,16,17). The summed E-state index contributed by atoms with van der Waals surface area (Å²) in [7, 11) is 0. The number of nitrogen functional groups attached to an aromatic ring is 1. The zero-order chi connectivity index (χ0) is 13.0. The Balaban J connectivity index is 2.66. The van der Waals surface area contributed by atoms with E-state index >= 15 is 0 Å². The van der Waals surface area contributed by atoms with Crippen molar-refractivity contribution in [2.75, 3.05) is 5.73 Å². The summed E-state index contributed by atoms with van der Waals surface area (Å²) in [6.07, 6.45) is 0.974. The van der Waals surface area contributed by atoms with Crippen molar-refractivity contribution in [2.24, 2.45) is 5.92 Å². The molecule has 3 N–H and O–H groups in total. The summed E-state index contributed by atoms with van der Waals surface area (Å²) in [6.45, 7) is 6.30. The topological polar surface area (TPSA) is 55.1 Å². The Morgan fingerprint density at radius 2 is 2.06 bits per heavy atom. The van der Waals surface area contributed by atoms with Crippen molar-refractivity contribution in [1.29, 1.82) is 0 Å². The first kappa shape index (κ1) is 14.0. The highest BCUT2D eigenvalue weighted by Gasteiger charge is 2.11. The lowest BCUT2D eigenvalue weighted by atomic mass is 10.0. The minimum atomic E-state index is -0.0566. The van der Waals surface area contributed by atoms with E-state index in [1.165, 1.54) is 0 Å². The first-order valence-electron chi connectivity index (χ1n) is 5.76. The number of benzene rings is 1. The van der Waals surface area contributed by atoms with Gasteiger partial charge in [-0.05, 0) is 53.4 Å². The van der Waals surface area contributed by atoms with Crippen molar-refractivity contribution >= 4 is 27.5 Å². The number of hydrogen-bond acceptors (Lipinski definition) is 2. The van der Waals surface area contributed by atoms with Gasteiger partial charge in [-0.15, -0.1) is 0 Å². The number of halogens is 1. The van der Waals surface area contributed by atoms with Gasteiger partial charge >= 0.3 is 0 Å². The SMILES string of the molecule is CC(C)CC(C)NC(=O)c1ccc(N)c(Br)c1. The van der Waals surface area contributed by atoms with Crippen molar-refractivity contribution < 1.29 is 4.79 Å². The van der Waals surface area contributed by atoms with Gasteiger partial charge in [0.05, 0.1) is 0 Å². The molecule has 0 heterocycles. The minimum absolute atomic E-state index is 0.0566. The van der Waals surface area contributed by atoms with Crippen LogP contribution in [0, 0.1) is 5.92 Å². The van der Waals surface area contributed by atoms with Crippen LogP contribution < -0.4 is 11.1 Å². The second-order valence-electron chi connectivity index (χ2n) is 4.74. The van der Waals surface area contributed by atoms with Gasteiger partial charge in [0, 0.05) is 21.8 Å². The Morgan fingerprint density at radius 1 is 1.41 bits per heavy atom. The fourth-order valence-electron chi connectivity index (χ4n) is 1.74. The molecule has 3 nitrogen and oxygen atoms in total. The van der Waals surface area contributed by atoms with Crippen molar-refractivity contribution in [3.05, 3.63) is 28.2 Å². The molecule has 0 saturated carbocycles. The van der Waals surface area contributed by atoms with Crippen molar-refractivity contribution in [2.45, 2.75) is 33.2 Å². The normalized spacial score (nSPS) is 12.5. The second kappa shape index (κ2) is 6.05. The molecule has 0 bridgehead atoms. The highest BCUT2D eigenvalue weighted by atomic mass is 79.9. The van der Waals surface area contributed by atoms with Crippen LogP contribution in [0.25, 0.3) is 0 Å². The van der Waals surface area contributed by atoms with Gasteiger partial charge in [0.1, 0.15) is 0 Å². The molecular formula is C13H19BrN2O. The maximum atomic E-state index is 11.9.